The van der Waals surface area contributed by atoms with Crippen molar-refractivity contribution in [3.63, 3.8) is 0 Å². The van der Waals surface area contributed by atoms with Gasteiger partial charge in [-0.1, -0.05) is 89.4 Å². The molecule has 0 fully saturated rings. The molecule has 0 bridgehead atoms. The van der Waals surface area contributed by atoms with Gasteiger partial charge in [0.05, 0.1) is 39.4 Å². The molecule has 2 aliphatic rings. The molecule has 5 aromatic rings. The molecule has 7 rings (SSSR count). The first kappa shape index (κ1) is 49.6. The van der Waals surface area contributed by atoms with E-state index < -0.39 is 56.2 Å². The fraction of sp³-hybridized carbons (Fsp3) is 0.333. The third-order valence-corrected chi connectivity index (χ3v) is 12.1. The van der Waals surface area contributed by atoms with Gasteiger partial charge < -0.3 is 30.3 Å². The maximum Gasteiger partial charge on any atom is 0.425 e. The Bertz CT molecular complexity index is 2570. The van der Waals surface area contributed by atoms with E-state index in [0.29, 0.717) is 0 Å². The van der Waals surface area contributed by atoms with E-state index in [4.69, 9.17) is 32.1 Å². The van der Waals surface area contributed by atoms with Crippen LogP contribution >= 0.6 is 23.2 Å². The summed E-state index contributed by atoms with van der Waals surface area (Å²) in [5.74, 6) is -0.322. The predicted octanol–water partition coefficient (Wildman–Crippen LogP) is 10.3. The van der Waals surface area contributed by atoms with Crippen molar-refractivity contribution in [3.05, 3.63) is 135 Å². The number of fused-ring (bicyclic) bond motifs is 6. The van der Waals surface area contributed by atoms with Crippen molar-refractivity contribution in [2.45, 2.75) is 87.1 Å². The van der Waals surface area contributed by atoms with Gasteiger partial charge in [-0.05, 0) is 82.1 Å². The van der Waals surface area contributed by atoms with Crippen molar-refractivity contribution in [2.24, 2.45) is 0 Å². The van der Waals surface area contributed by atoms with Gasteiger partial charge in [-0.15, -0.1) is 0 Å². The molecule has 2 atom stereocenters. The number of alkyl halides is 6. The Kier molecular flexibility index (Phi) is 14.1. The van der Waals surface area contributed by atoms with Crippen LogP contribution in [0, 0.1) is 6.92 Å². The third-order valence-electron chi connectivity index (χ3n) is 10.2. The van der Waals surface area contributed by atoms with Crippen molar-refractivity contribution in [1.29, 1.82) is 0 Å². The van der Waals surface area contributed by atoms with E-state index in [1.807, 2.05) is 6.92 Å². The van der Waals surface area contributed by atoms with Gasteiger partial charge in [0.15, 0.2) is 0 Å². The maximum atomic E-state index is 13.8. The summed E-state index contributed by atoms with van der Waals surface area (Å²) in [4.78, 5) is 0.138. The number of aliphatic hydroxyl groups is 4. The summed E-state index contributed by atoms with van der Waals surface area (Å²) < 4.78 is 115. The molecule has 0 unspecified atom stereocenters. The number of hydrogen-bond donors (Lipinski definition) is 5. The molecule has 63 heavy (non-hydrogen) atoms. The van der Waals surface area contributed by atoms with Crippen LogP contribution in [0.4, 0.5) is 26.3 Å². The zero-order chi connectivity index (χ0) is 47.1. The number of hydrogen-bond acceptors (Lipinski definition) is 9. The highest BCUT2D eigenvalue weighted by Gasteiger charge is 2.62. The van der Waals surface area contributed by atoms with Crippen LogP contribution in [0.5, 0.6) is 11.5 Å². The molecule has 0 amide bonds. The first-order chi connectivity index (χ1) is 28.9. The van der Waals surface area contributed by atoms with Crippen molar-refractivity contribution >= 4 is 33.3 Å². The van der Waals surface area contributed by atoms with E-state index in [-0.39, 0.29) is 85.7 Å². The van der Waals surface area contributed by atoms with E-state index in [1.165, 1.54) is 60.7 Å². The molecule has 5 N–H and O–H groups in total. The van der Waals surface area contributed by atoms with Gasteiger partial charge >= 0.3 is 12.4 Å². The minimum absolute atomic E-state index is 0.0281. The van der Waals surface area contributed by atoms with Crippen LogP contribution in [-0.4, -0.2) is 70.7 Å². The summed E-state index contributed by atoms with van der Waals surface area (Å²) in [5.41, 5.74) is -7.85. The van der Waals surface area contributed by atoms with E-state index in [1.54, 1.807) is 52.0 Å². The monoisotopic (exact) mass is 944 g/mol. The molecule has 2 aliphatic carbocycles. The number of benzene rings is 5. The van der Waals surface area contributed by atoms with Crippen molar-refractivity contribution in [1.82, 2.24) is 0 Å². The summed E-state index contributed by atoms with van der Waals surface area (Å²) in [6.45, 7) is 8.36. The molecule has 18 heteroatoms. The Morgan fingerprint density at radius 2 is 1.05 bits per heavy atom. The fourth-order valence-corrected chi connectivity index (χ4v) is 8.44. The second-order valence-corrected chi connectivity index (χ2v) is 18.7. The zero-order valence-corrected chi connectivity index (χ0v) is 36.7. The van der Waals surface area contributed by atoms with Crippen LogP contribution in [0.15, 0.2) is 102 Å². The third kappa shape index (κ3) is 10.4. The van der Waals surface area contributed by atoms with Gasteiger partial charge in [-0.2, -0.15) is 34.8 Å². The van der Waals surface area contributed by atoms with Crippen molar-refractivity contribution in [2.75, 3.05) is 13.2 Å². The summed E-state index contributed by atoms with van der Waals surface area (Å²) in [6, 6.07) is 22.5. The van der Waals surface area contributed by atoms with Gasteiger partial charge in [-0.3, -0.25) is 4.18 Å². The lowest BCUT2D eigenvalue weighted by Crippen LogP contribution is -2.41. The Balaban J connectivity index is 0.000000183. The standard InChI is InChI=1S/C19H18ClF3O3.C14H8ClF3O2.C12H18O4S/c1-17(2,24)7-8-26-11-9-14-16(15(20)10-11)12-5-3-4-6-13(12)18(14,25)19(21,22)23;15-11-6-7(19)5-10-12(11)8-3-1-2-4-9(8)13(10,20)14(16,17)18;1-10-4-6-11(7-5-10)17(14,15)16-9-8-12(2,3)13/h3-6,9-10,24-25H,7-8H2,1-2H3;1-6,19-20H;4-7,13H,8-9H2,1-3H3/t18-;13-;/m11./s1. The average Bonchev–Trinajstić information content (AvgIpc) is 3.58. The molecule has 0 saturated carbocycles. The van der Waals surface area contributed by atoms with Crippen molar-refractivity contribution < 1.29 is 69.2 Å². The minimum Gasteiger partial charge on any atom is -0.508 e. The Hall–Kier alpha value is -4.39. The molecular formula is C45H44Cl2F6O9S. The van der Waals surface area contributed by atoms with E-state index >= 15 is 0 Å². The SMILES string of the molecule is CC(C)(O)CCOc1cc(Cl)c2c(c1)[C@@](O)(C(F)(F)F)c1ccccc1-2.Cc1ccc(S(=O)(=O)OCCC(C)(C)O)cc1.Oc1cc(Cl)c2c(c1)[C@@](O)(C(F)(F)F)c1ccccc1-2. The van der Waals surface area contributed by atoms with Gasteiger partial charge in [0.2, 0.25) is 11.2 Å². The van der Waals surface area contributed by atoms with Crippen LogP contribution in [-0.2, 0) is 25.5 Å². The Morgan fingerprint density at radius 3 is 1.51 bits per heavy atom. The Labute approximate surface area is 370 Å². The van der Waals surface area contributed by atoms with Gasteiger partial charge in [0, 0.05) is 46.2 Å². The van der Waals surface area contributed by atoms with Crippen LogP contribution in [0.25, 0.3) is 22.3 Å². The zero-order valence-electron chi connectivity index (χ0n) is 34.4. The maximum absolute atomic E-state index is 13.8. The number of rotatable bonds is 9. The number of phenolic OH excluding ortho intramolecular Hbond substituents is 1. The first-order valence-corrected chi connectivity index (χ1v) is 21.3. The lowest BCUT2D eigenvalue weighted by molar-refractivity contribution is -0.247. The van der Waals surface area contributed by atoms with E-state index in [2.05, 4.69) is 0 Å². The molecule has 0 spiro atoms. The van der Waals surface area contributed by atoms with Crippen molar-refractivity contribution in [3.8, 4) is 33.8 Å². The lowest BCUT2D eigenvalue weighted by atomic mass is 9.90. The molecular weight excluding hydrogens is 901 g/mol. The van der Waals surface area contributed by atoms with Gasteiger partial charge in [0.25, 0.3) is 10.1 Å². The number of phenols is 1. The average molecular weight is 946 g/mol. The second-order valence-electron chi connectivity index (χ2n) is 16.2. The normalized spacial score (nSPS) is 17.9. The second kappa shape index (κ2) is 17.9. The minimum atomic E-state index is -4.93. The summed E-state index contributed by atoms with van der Waals surface area (Å²) in [5, 5.41) is 49.6. The molecule has 0 aliphatic heterocycles. The van der Waals surface area contributed by atoms with Gasteiger partial charge in [0.1, 0.15) is 11.5 Å². The molecule has 0 heterocycles. The highest BCUT2D eigenvalue weighted by molar-refractivity contribution is 7.86. The summed E-state index contributed by atoms with van der Waals surface area (Å²) in [6.07, 6.45) is -9.31. The molecule has 0 radical (unpaired) electrons. The number of aromatic hydroxyl groups is 1. The number of ether oxygens (including phenoxy) is 1. The predicted molar refractivity (Wildman–Crippen MR) is 225 cm³/mol. The molecule has 9 nitrogen and oxygen atoms in total. The number of halogens is 8. The van der Waals surface area contributed by atoms with E-state index in [0.717, 1.165) is 17.7 Å². The van der Waals surface area contributed by atoms with Crippen LogP contribution in [0.1, 0.15) is 68.4 Å². The lowest BCUT2D eigenvalue weighted by Gasteiger charge is -2.28. The van der Waals surface area contributed by atoms with E-state index in [9.17, 15) is 60.3 Å². The molecule has 5 aromatic carbocycles. The molecule has 340 valence electrons. The smallest absolute Gasteiger partial charge is 0.425 e. The summed E-state index contributed by atoms with van der Waals surface area (Å²) >= 11 is 12.2. The fourth-order valence-electron chi connectivity index (χ4n) is 6.90. The quantitative estimate of drug-likeness (QED) is 0.0718. The molecule has 0 aromatic heterocycles. The topological polar surface area (TPSA) is 154 Å². The van der Waals surface area contributed by atoms with Crippen LogP contribution < -0.4 is 4.74 Å². The number of aryl methyl sites for hydroxylation is 1. The largest absolute Gasteiger partial charge is 0.508 e. The highest BCUT2D eigenvalue weighted by atomic mass is 35.5. The Morgan fingerprint density at radius 1 is 0.619 bits per heavy atom. The first-order valence-electron chi connectivity index (χ1n) is 19.1. The summed E-state index contributed by atoms with van der Waals surface area (Å²) in [7, 11) is -3.71. The van der Waals surface area contributed by atoms with Crippen LogP contribution in [0.2, 0.25) is 10.0 Å². The van der Waals surface area contributed by atoms with Gasteiger partial charge in [-0.25, -0.2) is 0 Å². The molecule has 0 saturated heterocycles. The highest BCUT2D eigenvalue weighted by Crippen LogP contribution is 2.59. The van der Waals surface area contributed by atoms with Crippen LogP contribution in [0.3, 0.4) is 0 Å².